The lowest BCUT2D eigenvalue weighted by molar-refractivity contribution is 0.102. The van der Waals surface area contributed by atoms with Gasteiger partial charge in [-0.15, -0.1) is 0 Å². The van der Waals surface area contributed by atoms with E-state index in [1.807, 2.05) is 18.3 Å². The van der Waals surface area contributed by atoms with Gasteiger partial charge in [-0.1, -0.05) is 12.1 Å². The molecule has 1 amide bonds. The average Bonchev–Trinajstić information content (AvgIpc) is 3.18. The highest BCUT2D eigenvalue weighted by molar-refractivity contribution is 6.04. The molecule has 6 heteroatoms. The van der Waals surface area contributed by atoms with Crippen LogP contribution < -0.4 is 5.32 Å². The summed E-state index contributed by atoms with van der Waals surface area (Å²) >= 11 is 0. The van der Waals surface area contributed by atoms with Crippen molar-refractivity contribution in [2.24, 2.45) is 0 Å². The quantitative estimate of drug-likeness (QED) is 0.549. The van der Waals surface area contributed by atoms with E-state index in [1.54, 1.807) is 6.20 Å². The maximum absolute atomic E-state index is 13.1. The lowest BCUT2D eigenvalue weighted by Crippen LogP contribution is -2.12. The molecule has 0 bridgehead atoms. The third kappa shape index (κ3) is 3.38. The molecule has 0 unspecified atom stereocenters. The monoisotopic (exact) mass is 386 g/mol. The van der Waals surface area contributed by atoms with Crippen LogP contribution in [0, 0.1) is 5.82 Å². The van der Waals surface area contributed by atoms with Crippen LogP contribution in [0.1, 0.15) is 29.0 Å². The van der Waals surface area contributed by atoms with E-state index in [4.69, 9.17) is 0 Å². The molecule has 2 aromatic carbocycles. The molecule has 0 saturated carbocycles. The smallest absolute Gasteiger partial charge is 0.256 e. The second kappa shape index (κ2) is 7.13. The van der Waals surface area contributed by atoms with Gasteiger partial charge in [-0.2, -0.15) is 0 Å². The van der Waals surface area contributed by atoms with Gasteiger partial charge < -0.3 is 9.88 Å². The molecule has 3 heterocycles. The Bertz CT molecular complexity index is 1210. The molecule has 1 N–H and O–H groups in total. The zero-order chi connectivity index (χ0) is 19.8. The lowest BCUT2D eigenvalue weighted by Gasteiger charge is -2.16. The molecular weight excluding hydrogens is 367 g/mol. The van der Waals surface area contributed by atoms with Gasteiger partial charge in [-0.05, 0) is 54.6 Å². The molecule has 4 aromatic rings. The molecule has 0 atom stereocenters. The van der Waals surface area contributed by atoms with Crippen LogP contribution in [0.15, 0.2) is 60.9 Å². The zero-order valence-electron chi connectivity index (χ0n) is 15.7. The highest BCUT2D eigenvalue weighted by Gasteiger charge is 2.15. The number of benzene rings is 2. The number of hydrogen-bond acceptors (Lipinski definition) is 3. The molecule has 1 aliphatic rings. The number of carbonyl (C=O) groups excluding carboxylic acids is 1. The summed E-state index contributed by atoms with van der Waals surface area (Å²) in [5, 5.41) is 4.76. The number of carbonyl (C=O) groups is 1. The van der Waals surface area contributed by atoms with Gasteiger partial charge in [-0.3, -0.25) is 4.79 Å². The van der Waals surface area contributed by atoms with Crippen molar-refractivity contribution in [3.8, 4) is 11.3 Å². The minimum absolute atomic E-state index is 0.321. The Labute approximate surface area is 167 Å². The SMILES string of the molecule is O=C(Nc1cc2cc(-c3cnc4n3CCCC4)ccc2cn1)c1ccc(F)cc1. The maximum Gasteiger partial charge on any atom is 0.256 e. The maximum atomic E-state index is 13.1. The minimum atomic E-state index is -0.375. The topological polar surface area (TPSA) is 59.8 Å². The number of aryl methyl sites for hydroxylation is 1. The standard InChI is InChI=1S/C23H19FN4O/c24-19-8-6-15(7-9-19)23(29)27-21-12-18-11-16(4-5-17(18)13-25-21)20-14-26-22-3-1-2-10-28(20)22/h4-9,11-14H,1-3,10H2,(H,25,27,29). The Kier molecular flexibility index (Phi) is 4.31. The van der Waals surface area contributed by atoms with E-state index in [-0.39, 0.29) is 11.7 Å². The summed E-state index contributed by atoms with van der Waals surface area (Å²) in [4.78, 5) is 21.3. The number of rotatable bonds is 3. The second-order valence-corrected chi connectivity index (χ2v) is 7.26. The van der Waals surface area contributed by atoms with Gasteiger partial charge in [0.1, 0.15) is 17.5 Å². The van der Waals surface area contributed by atoms with Gasteiger partial charge in [0, 0.05) is 35.7 Å². The summed E-state index contributed by atoms with van der Waals surface area (Å²) in [7, 11) is 0. The summed E-state index contributed by atoms with van der Waals surface area (Å²) in [5.74, 6) is 0.908. The lowest BCUT2D eigenvalue weighted by atomic mass is 10.1. The molecule has 29 heavy (non-hydrogen) atoms. The van der Waals surface area contributed by atoms with Crippen LogP contribution in [-0.4, -0.2) is 20.4 Å². The molecule has 1 aliphatic heterocycles. The van der Waals surface area contributed by atoms with Gasteiger partial charge in [0.15, 0.2) is 0 Å². The number of amides is 1. The molecule has 0 spiro atoms. The highest BCUT2D eigenvalue weighted by atomic mass is 19.1. The summed E-state index contributed by atoms with van der Waals surface area (Å²) in [6.07, 6.45) is 7.08. The van der Waals surface area contributed by atoms with Gasteiger partial charge in [-0.25, -0.2) is 14.4 Å². The number of fused-ring (bicyclic) bond motifs is 2. The van der Waals surface area contributed by atoms with Gasteiger partial charge in [0.25, 0.3) is 5.91 Å². The molecule has 5 nitrogen and oxygen atoms in total. The van der Waals surface area contributed by atoms with E-state index in [9.17, 15) is 9.18 Å². The van der Waals surface area contributed by atoms with Crippen LogP contribution in [0.2, 0.25) is 0 Å². The van der Waals surface area contributed by atoms with Crippen molar-refractivity contribution in [1.82, 2.24) is 14.5 Å². The fourth-order valence-electron chi connectivity index (χ4n) is 3.80. The van der Waals surface area contributed by atoms with Crippen LogP contribution in [0.25, 0.3) is 22.0 Å². The fourth-order valence-corrected chi connectivity index (χ4v) is 3.80. The van der Waals surface area contributed by atoms with Crippen molar-refractivity contribution >= 4 is 22.5 Å². The Morgan fingerprint density at radius 1 is 0.966 bits per heavy atom. The van der Waals surface area contributed by atoms with Crippen LogP contribution in [0.5, 0.6) is 0 Å². The highest BCUT2D eigenvalue weighted by Crippen LogP contribution is 2.28. The Hall–Kier alpha value is -3.54. The van der Waals surface area contributed by atoms with E-state index >= 15 is 0 Å². The molecule has 0 saturated heterocycles. The first-order valence-corrected chi connectivity index (χ1v) is 9.69. The van der Waals surface area contributed by atoms with Gasteiger partial charge in [0.05, 0.1) is 11.9 Å². The van der Waals surface area contributed by atoms with E-state index in [2.05, 4.69) is 32.0 Å². The number of nitrogens with zero attached hydrogens (tertiary/aromatic N) is 3. The molecule has 5 rings (SSSR count). The Morgan fingerprint density at radius 2 is 1.83 bits per heavy atom. The molecule has 2 aromatic heterocycles. The fraction of sp³-hybridized carbons (Fsp3) is 0.174. The Balaban J connectivity index is 1.46. The van der Waals surface area contributed by atoms with Crippen LogP contribution in [0.4, 0.5) is 10.2 Å². The van der Waals surface area contributed by atoms with E-state index in [0.29, 0.717) is 11.4 Å². The second-order valence-electron chi connectivity index (χ2n) is 7.26. The van der Waals surface area contributed by atoms with Crippen molar-refractivity contribution in [3.05, 3.63) is 78.1 Å². The average molecular weight is 386 g/mol. The number of halogens is 1. The zero-order valence-corrected chi connectivity index (χ0v) is 15.7. The molecule has 144 valence electrons. The van der Waals surface area contributed by atoms with Crippen molar-refractivity contribution in [3.63, 3.8) is 0 Å². The first-order valence-electron chi connectivity index (χ1n) is 9.69. The van der Waals surface area contributed by atoms with E-state index < -0.39 is 0 Å². The van der Waals surface area contributed by atoms with E-state index in [0.717, 1.165) is 40.8 Å². The van der Waals surface area contributed by atoms with Gasteiger partial charge >= 0.3 is 0 Å². The molecule has 0 fully saturated rings. The van der Waals surface area contributed by atoms with Crippen molar-refractivity contribution < 1.29 is 9.18 Å². The first kappa shape index (κ1) is 17.6. The number of pyridine rings is 1. The van der Waals surface area contributed by atoms with Crippen LogP contribution in [0.3, 0.4) is 0 Å². The van der Waals surface area contributed by atoms with Crippen molar-refractivity contribution in [2.75, 3.05) is 5.32 Å². The third-order valence-corrected chi connectivity index (χ3v) is 5.34. The first-order chi connectivity index (χ1) is 14.2. The molecular formula is C23H19FN4O. The number of nitrogens with one attached hydrogen (secondary N) is 1. The molecule has 0 aliphatic carbocycles. The van der Waals surface area contributed by atoms with Gasteiger partial charge in [0.2, 0.25) is 0 Å². The normalized spacial score (nSPS) is 13.3. The molecule has 0 radical (unpaired) electrons. The Morgan fingerprint density at radius 3 is 2.69 bits per heavy atom. The summed E-state index contributed by atoms with van der Waals surface area (Å²) in [6, 6.07) is 13.5. The summed E-state index contributed by atoms with van der Waals surface area (Å²) in [6.45, 7) is 0.998. The predicted molar refractivity (Wildman–Crippen MR) is 110 cm³/mol. The van der Waals surface area contributed by atoms with Crippen LogP contribution >= 0.6 is 0 Å². The summed E-state index contributed by atoms with van der Waals surface area (Å²) in [5.41, 5.74) is 2.60. The van der Waals surface area contributed by atoms with Crippen molar-refractivity contribution in [2.45, 2.75) is 25.8 Å². The largest absolute Gasteiger partial charge is 0.328 e. The minimum Gasteiger partial charge on any atom is -0.328 e. The van der Waals surface area contributed by atoms with Crippen LogP contribution in [-0.2, 0) is 13.0 Å². The predicted octanol–water partition coefficient (Wildman–Crippen LogP) is 4.83. The number of imidazole rings is 1. The summed E-state index contributed by atoms with van der Waals surface area (Å²) < 4.78 is 15.4. The number of aromatic nitrogens is 3. The van der Waals surface area contributed by atoms with Crippen molar-refractivity contribution in [1.29, 1.82) is 0 Å². The van der Waals surface area contributed by atoms with E-state index in [1.165, 1.54) is 37.1 Å². The third-order valence-electron chi connectivity index (χ3n) is 5.34. The number of hydrogen-bond donors (Lipinski definition) is 1. The number of anilines is 1.